The molecule has 5 rings (SSSR count). The molecule has 0 fully saturated rings. The third kappa shape index (κ3) is 2.64. The number of aromatic hydroxyl groups is 1. The number of anilines is 2. The highest BCUT2D eigenvalue weighted by Gasteiger charge is 2.15. The number of hydrogen-bond acceptors (Lipinski definition) is 7. The van der Waals surface area contributed by atoms with Crippen LogP contribution in [0.3, 0.4) is 0 Å². The molecule has 2 N–H and O–H groups in total. The van der Waals surface area contributed by atoms with Crippen molar-refractivity contribution in [2.45, 2.75) is 0 Å². The summed E-state index contributed by atoms with van der Waals surface area (Å²) in [5.74, 6) is -0.0834. The van der Waals surface area contributed by atoms with E-state index in [1.54, 1.807) is 34.6 Å². The lowest BCUT2D eigenvalue weighted by molar-refractivity contribution is 0.482. The number of phenols is 1. The molecule has 3 aromatic heterocycles. The molecular weight excluding hydrogens is 379 g/mol. The molecule has 0 atom stereocenters. The monoisotopic (exact) mass is 392 g/mol. The summed E-state index contributed by atoms with van der Waals surface area (Å²) in [6.07, 6.45) is 4.93. The molecule has 0 aliphatic carbocycles. The van der Waals surface area contributed by atoms with E-state index in [1.807, 2.05) is 19.3 Å². The van der Waals surface area contributed by atoms with Crippen LogP contribution >= 0.6 is 11.3 Å². The number of fused-ring (bicyclic) bond motifs is 2. The van der Waals surface area contributed by atoms with Gasteiger partial charge in [0.15, 0.2) is 5.82 Å². The molecule has 5 aromatic rings. The van der Waals surface area contributed by atoms with Crippen molar-refractivity contribution < 1.29 is 9.50 Å². The van der Waals surface area contributed by atoms with Gasteiger partial charge in [-0.1, -0.05) is 0 Å². The number of benzene rings is 2. The molecule has 9 heteroatoms. The summed E-state index contributed by atoms with van der Waals surface area (Å²) in [7, 11) is 1.82. The number of nitrogens with one attached hydrogen (secondary N) is 1. The Morgan fingerprint density at radius 3 is 2.82 bits per heavy atom. The van der Waals surface area contributed by atoms with Gasteiger partial charge in [-0.25, -0.2) is 19.3 Å². The Balaban J connectivity index is 1.62. The molecule has 138 valence electrons. The fraction of sp³-hybridized carbons (Fsp3) is 0.0526. The van der Waals surface area contributed by atoms with E-state index in [4.69, 9.17) is 0 Å². The molecule has 0 bridgehead atoms. The molecule has 28 heavy (non-hydrogen) atoms. The van der Waals surface area contributed by atoms with E-state index >= 15 is 0 Å². The first-order chi connectivity index (χ1) is 13.6. The second-order valence-electron chi connectivity index (χ2n) is 6.27. The highest BCUT2D eigenvalue weighted by atomic mass is 32.1. The van der Waals surface area contributed by atoms with Crippen LogP contribution in [0.4, 0.5) is 15.9 Å². The van der Waals surface area contributed by atoms with Crippen molar-refractivity contribution in [1.82, 2.24) is 24.7 Å². The van der Waals surface area contributed by atoms with Crippen molar-refractivity contribution >= 4 is 44.0 Å². The number of nitrogens with zero attached hydrogens (tertiary/aromatic N) is 5. The minimum Gasteiger partial charge on any atom is -0.507 e. The van der Waals surface area contributed by atoms with Crippen molar-refractivity contribution in [2.24, 2.45) is 7.05 Å². The number of aromatic nitrogens is 5. The Kier molecular flexibility index (Phi) is 3.69. The summed E-state index contributed by atoms with van der Waals surface area (Å²) in [4.78, 5) is 12.6. The molecule has 0 radical (unpaired) electrons. The minimum atomic E-state index is -0.404. The smallest absolute Gasteiger partial charge is 0.166 e. The normalized spacial score (nSPS) is 11.4. The summed E-state index contributed by atoms with van der Waals surface area (Å²) in [5.41, 5.74) is 4.63. The first-order valence-electron chi connectivity index (χ1n) is 8.35. The number of thiazole rings is 1. The number of halogens is 1. The highest BCUT2D eigenvalue weighted by molar-refractivity contribution is 7.16. The Hall–Kier alpha value is -3.59. The lowest BCUT2D eigenvalue weighted by Crippen LogP contribution is -1.99. The van der Waals surface area contributed by atoms with Gasteiger partial charge in [-0.2, -0.15) is 5.10 Å². The fourth-order valence-corrected chi connectivity index (χ4v) is 3.85. The molecule has 7 nitrogen and oxygen atoms in total. The summed E-state index contributed by atoms with van der Waals surface area (Å²) in [6.45, 7) is 0. The third-order valence-corrected chi connectivity index (χ3v) is 5.28. The molecule has 0 amide bonds. The van der Waals surface area contributed by atoms with Crippen LogP contribution in [0.25, 0.3) is 32.2 Å². The standard InChI is InChI=1S/C19H13FN6OS/c1-26-7-11(6-24-26)10-4-14-16(15(27)5-10)19(22-8-21-14)25-12-2-3-13-18(17(12)20)28-9-23-13/h2-9,27H,1H3,(H,21,22,25). The Morgan fingerprint density at radius 1 is 1.11 bits per heavy atom. The molecule has 0 aliphatic heterocycles. The molecule has 0 aliphatic rings. The summed E-state index contributed by atoms with van der Waals surface area (Å²) in [6, 6.07) is 6.80. The van der Waals surface area contributed by atoms with Gasteiger partial charge in [0, 0.05) is 18.8 Å². The molecule has 2 aromatic carbocycles. The topological polar surface area (TPSA) is 88.8 Å². The van der Waals surface area contributed by atoms with Crippen molar-refractivity contribution in [2.75, 3.05) is 5.32 Å². The van der Waals surface area contributed by atoms with Crippen LogP contribution in [-0.4, -0.2) is 29.8 Å². The largest absolute Gasteiger partial charge is 0.507 e. The molecule has 0 saturated heterocycles. The Morgan fingerprint density at radius 2 is 2.00 bits per heavy atom. The predicted molar refractivity (Wildman–Crippen MR) is 106 cm³/mol. The van der Waals surface area contributed by atoms with Gasteiger partial charge in [-0.15, -0.1) is 11.3 Å². The maximum atomic E-state index is 14.8. The van der Waals surface area contributed by atoms with Crippen LogP contribution in [0.1, 0.15) is 0 Å². The Labute approximate surface area is 162 Å². The predicted octanol–water partition coefficient (Wildman–Crippen LogP) is 4.23. The van der Waals surface area contributed by atoms with E-state index in [-0.39, 0.29) is 11.4 Å². The molecule has 3 heterocycles. The van der Waals surface area contributed by atoms with Crippen LogP contribution in [0, 0.1) is 5.82 Å². The maximum Gasteiger partial charge on any atom is 0.166 e. The zero-order valence-corrected chi connectivity index (χ0v) is 15.4. The van der Waals surface area contributed by atoms with Crippen LogP contribution in [0.15, 0.2) is 48.5 Å². The van der Waals surface area contributed by atoms with Gasteiger partial charge >= 0.3 is 0 Å². The summed E-state index contributed by atoms with van der Waals surface area (Å²) in [5, 5.41) is 18.2. The van der Waals surface area contributed by atoms with Crippen molar-refractivity contribution in [1.29, 1.82) is 0 Å². The van der Waals surface area contributed by atoms with E-state index in [0.717, 1.165) is 11.1 Å². The second-order valence-corrected chi connectivity index (χ2v) is 7.12. The van der Waals surface area contributed by atoms with E-state index in [9.17, 15) is 9.50 Å². The van der Waals surface area contributed by atoms with Gasteiger partial charge in [-0.05, 0) is 29.8 Å². The van der Waals surface area contributed by atoms with Gasteiger partial charge in [-0.3, -0.25) is 4.68 Å². The Bertz CT molecular complexity index is 1350. The van der Waals surface area contributed by atoms with Crippen molar-refractivity contribution in [3.63, 3.8) is 0 Å². The third-order valence-electron chi connectivity index (χ3n) is 4.45. The van der Waals surface area contributed by atoms with Gasteiger partial charge in [0.2, 0.25) is 0 Å². The molecule has 0 saturated carbocycles. The van der Waals surface area contributed by atoms with Gasteiger partial charge < -0.3 is 10.4 Å². The highest BCUT2D eigenvalue weighted by Crippen LogP contribution is 2.36. The summed E-state index contributed by atoms with van der Waals surface area (Å²) >= 11 is 1.23. The van der Waals surface area contributed by atoms with Crippen LogP contribution in [0.2, 0.25) is 0 Å². The van der Waals surface area contributed by atoms with E-state index in [2.05, 4.69) is 25.4 Å². The summed E-state index contributed by atoms with van der Waals surface area (Å²) < 4.78 is 16.9. The van der Waals surface area contributed by atoms with Gasteiger partial charge in [0.25, 0.3) is 0 Å². The van der Waals surface area contributed by atoms with Crippen LogP contribution in [0.5, 0.6) is 5.75 Å². The lowest BCUT2D eigenvalue weighted by Gasteiger charge is -2.11. The average Bonchev–Trinajstić information content (AvgIpc) is 3.33. The molecule has 0 spiro atoms. The zero-order chi connectivity index (χ0) is 19.3. The molecule has 0 unspecified atom stereocenters. The van der Waals surface area contributed by atoms with Crippen LogP contribution in [-0.2, 0) is 7.05 Å². The minimum absolute atomic E-state index is 0.00118. The zero-order valence-electron chi connectivity index (χ0n) is 14.6. The van der Waals surface area contributed by atoms with Crippen molar-refractivity contribution in [3.05, 3.63) is 54.3 Å². The van der Waals surface area contributed by atoms with Gasteiger partial charge in [0.1, 0.15) is 17.9 Å². The fourth-order valence-electron chi connectivity index (χ4n) is 3.12. The number of aryl methyl sites for hydroxylation is 1. The van der Waals surface area contributed by atoms with Crippen LogP contribution < -0.4 is 5.32 Å². The number of rotatable bonds is 3. The number of hydrogen-bond donors (Lipinski definition) is 2. The van der Waals surface area contributed by atoms with Crippen molar-refractivity contribution in [3.8, 4) is 16.9 Å². The second kappa shape index (κ2) is 6.24. The first-order valence-corrected chi connectivity index (χ1v) is 9.23. The SMILES string of the molecule is Cn1cc(-c2cc(O)c3c(Nc4ccc5ncsc5c4F)ncnc3c2)cn1. The first kappa shape index (κ1) is 16.6. The van der Waals surface area contributed by atoms with E-state index in [1.165, 1.54) is 17.7 Å². The van der Waals surface area contributed by atoms with E-state index in [0.29, 0.717) is 26.9 Å². The van der Waals surface area contributed by atoms with Gasteiger partial charge in [0.05, 0.1) is 38.5 Å². The lowest BCUT2D eigenvalue weighted by atomic mass is 10.1. The average molecular weight is 392 g/mol. The quantitative estimate of drug-likeness (QED) is 0.478. The maximum absolute atomic E-state index is 14.8. The molecular formula is C19H13FN6OS. The van der Waals surface area contributed by atoms with E-state index < -0.39 is 5.82 Å². The number of phenolic OH excluding ortho intramolecular Hbond substituents is 1.